The predicted octanol–water partition coefficient (Wildman–Crippen LogP) is 6.28. The maximum Gasteiger partial charge on any atom is 0.0693 e. The molecule has 0 unspecified atom stereocenters. The average Bonchev–Trinajstić information content (AvgIpc) is 2.42. The molecule has 1 nitrogen and oxygen atoms in total. The lowest BCUT2D eigenvalue weighted by Crippen LogP contribution is -2.33. The van der Waals surface area contributed by atoms with Crippen LogP contribution in [0.5, 0.6) is 0 Å². The van der Waals surface area contributed by atoms with Gasteiger partial charge in [-0.05, 0) is 61.1 Å². The Balaban J connectivity index is 2.10. The third kappa shape index (κ3) is 3.93. The number of nitrogens with zero attached hydrogens (tertiary/aromatic N) is 1. The van der Waals surface area contributed by atoms with Crippen molar-refractivity contribution in [2.24, 2.45) is 16.7 Å². The molecule has 1 saturated carbocycles. The average molecular weight is 324 g/mol. The summed E-state index contributed by atoms with van der Waals surface area (Å²) in [6, 6.07) is 8.31. The van der Waals surface area contributed by atoms with Crippen molar-refractivity contribution < 1.29 is 0 Å². The number of halogens is 2. The lowest BCUT2D eigenvalue weighted by atomic mass is 9.63. The summed E-state index contributed by atoms with van der Waals surface area (Å²) in [4.78, 5) is 0. The molecule has 0 spiro atoms. The molecule has 1 aliphatic rings. The first-order valence-corrected chi connectivity index (χ1v) is 8.36. The summed E-state index contributed by atoms with van der Waals surface area (Å²) in [7, 11) is 0. The highest BCUT2D eigenvalue weighted by molar-refractivity contribution is 6.42. The molecular weight excluding hydrogens is 301 g/mol. The van der Waals surface area contributed by atoms with Gasteiger partial charge >= 0.3 is 0 Å². The molecule has 0 bridgehead atoms. The summed E-state index contributed by atoms with van der Waals surface area (Å²) in [5.74, 6) is 0.716. The zero-order valence-corrected chi connectivity index (χ0v) is 14.6. The van der Waals surface area contributed by atoms with Crippen LogP contribution in [0.1, 0.15) is 52.0 Å². The van der Waals surface area contributed by atoms with Crippen molar-refractivity contribution in [2.45, 2.75) is 52.9 Å². The number of hydrogen-bond acceptors (Lipinski definition) is 1. The van der Waals surface area contributed by atoms with Crippen LogP contribution in [0.3, 0.4) is 0 Å². The minimum atomic E-state index is -0.237. The zero-order valence-electron chi connectivity index (χ0n) is 13.0. The molecule has 0 aliphatic heterocycles. The Kier molecular flexibility index (Phi) is 4.91. The van der Waals surface area contributed by atoms with Crippen molar-refractivity contribution in [3.8, 4) is 6.07 Å². The number of benzene rings is 1. The van der Waals surface area contributed by atoms with Gasteiger partial charge < -0.3 is 0 Å². The topological polar surface area (TPSA) is 23.8 Å². The lowest BCUT2D eigenvalue weighted by Gasteiger charge is -2.40. The van der Waals surface area contributed by atoms with E-state index in [1.54, 1.807) is 0 Å². The molecule has 114 valence electrons. The summed E-state index contributed by atoms with van der Waals surface area (Å²) in [6.45, 7) is 6.90. The van der Waals surface area contributed by atoms with E-state index in [9.17, 15) is 5.26 Å². The summed E-state index contributed by atoms with van der Waals surface area (Å²) < 4.78 is 0. The molecule has 0 heterocycles. The van der Waals surface area contributed by atoms with Crippen LogP contribution in [0.15, 0.2) is 18.2 Å². The van der Waals surface area contributed by atoms with Crippen LogP contribution in [0.4, 0.5) is 0 Å². The van der Waals surface area contributed by atoms with Crippen LogP contribution in [0.2, 0.25) is 10.0 Å². The van der Waals surface area contributed by atoms with E-state index in [1.165, 1.54) is 0 Å². The fraction of sp³-hybridized carbons (Fsp3) is 0.611. The van der Waals surface area contributed by atoms with Crippen LogP contribution >= 0.6 is 23.2 Å². The second kappa shape index (κ2) is 6.19. The van der Waals surface area contributed by atoms with E-state index in [4.69, 9.17) is 23.2 Å². The number of nitriles is 1. The second-order valence-corrected chi connectivity index (χ2v) is 8.27. The highest BCUT2D eigenvalue weighted by atomic mass is 35.5. The van der Waals surface area contributed by atoms with Crippen molar-refractivity contribution >= 4 is 23.2 Å². The Morgan fingerprint density at radius 3 is 2.29 bits per heavy atom. The van der Waals surface area contributed by atoms with Crippen LogP contribution in [-0.4, -0.2) is 0 Å². The van der Waals surface area contributed by atoms with Crippen molar-refractivity contribution in [3.05, 3.63) is 33.8 Å². The van der Waals surface area contributed by atoms with Gasteiger partial charge in [0, 0.05) is 0 Å². The van der Waals surface area contributed by atoms with E-state index in [2.05, 4.69) is 26.8 Å². The Morgan fingerprint density at radius 2 is 1.81 bits per heavy atom. The molecule has 0 aromatic heterocycles. The van der Waals surface area contributed by atoms with Crippen molar-refractivity contribution in [1.29, 1.82) is 5.26 Å². The SMILES string of the molecule is CC(C)(C)C1CCC(C#N)(Cc2ccc(Cl)c(Cl)c2)CC1. The largest absolute Gasteiger partial charge is 0.198 e. The molecule has 21 heavy (non-hydrogen) atoms. The van der Waals surface area contributed by atoms with Crippen LogP contribution < -0.4 is 0 Å². The molecular formula is C18H23Cl2N. The van der Waals surface area contributed by atoms with E-state index < -0.39 is 0 Å². The monoisotopic (exact) mass is 323 g/mol. The van der Waals surface area contributed by atoms with Gasteiger partial charge in [0.25, 0.3) is 0 Å². The maximum absolute atomic E-state index is 9.71. The quantitative estimate of drug-likeness (QED) is 0.628. The highest BCUT2D eigenvalue weighted by Gasteiger charge is 2.39. The van der Waals surface area contributed by atoms with Crippen molar-refractivity contribution in [3.63, 3.8) is 0 Å². The summed E-state index contributed by atoms with van der Waals surface area (Å²) >= 11 is 12.1. The fourth-order valence-corrected chi connectivity index (χ4v) is 3.73. The lowest BCUT2D eigenvalue weighted by molar-refractivity contribution is 0.120. The molecule has 1 aromatic rings. The van der Waals surface area contributed by atoms with Gasteiger partial charge in [-0.25, -0.2) is 0 Å². The predicted molar refractivity (Wildman–Crippen MR) is 89.6 cm³/mol. The first-order valence-electron chi connectivity index (χ1n) is 7.61. The molecule has 1 aliphatic carbocycles. The molecule has 0 atom stereocenters. The van der Waals surface area contributed by atoms with Crippen molar-refractivity contribution in [1.82, 2.24) is 0 Å². The zero-order chi connectivity index (χ0) is 15.7. The summed E-state index contributed by atoms with van der Waals surface area (Å²) in [6.07, 6.45) is 5.01. The van der Waals surface area contributed by atoms with Gasteiger partial charge in [-0.3, -0.25) is 0 Å². The molecule has 0 amide bonds. The van der Waals surface area contributed by atoms with Crippen LogP contribution in [0.25, 0.3) is 0 Å². The van der Waals surface area contributed by atoms with E-state index in [0.717, 1.165) is 37.7 Å². The van der Waals surface area contributed by atoms with Crippen LogP contribution in [0, 0.1) is 28.1 Å². The number of rotatable bonds is 2. The third-order valence-electron chi connectivity index (χ3n) is 4.93. The molecule has 0 radical (unpaired) electrons. The Morgan fingerprint density at radius 1 is 1.19 bits per heavy atom. The Labute approximate surface area is 138 Å². The first kappa shape index (κ1) is 16.7. The highest BCUT2D eigenvalue weighted by Crippen LogP contribution is 2.46. The molecule has 1 fully saturated rings. The molecule has 0 N–H and O–H groups in total. The minimum Gasteiger partial charge on any atom is -0.198 e. The maximum atomic E-state index is 9.71. The van der Waals surface area contributed by atoms with E-state index in [0.29, 0.717) is 21.4 Å². The summed E-state index contributed by atoms with van der Waals surface area (Å²) in [5, 5.41) is 10.9. The van der Waals surface area contributed by atoms with E-state index in [1.807, 2.05) is 18.2 Å². The third-order valence-corrected chi connectivity index (χ3v) is 5.67. The molecule has 2 rings (SSSR count). The Bertz CT molecular complexity index is 543. The molecule has 1 aromatic carbocycles. The first-order chi connectivity index (χ1) is 9.76. The minimum absolute atomic E-state index is 0.237. The summed E-state index contributed by atoms with van der Waals surface area (Å²) in [5.41, 5.74) is 1.21. The van der Waals surface area contributed by atoms with Gasteiger partial charge in [0.2, 0.25) is 0 Å². The van der Waals surface area contributed by atoms with Crippen molar-refractivity contribution in [2.75, 3.05) is 0 Å². The van der Waals surface area contributed by atoms with Gasteiger partial charge in [-0.1, -0.05) is 50.0 Å². The Hall–Kier alpha value is -0.710. The van der Waals surface area contributed by atoms with Crippen LogP contribution in [-0.2, 0) is 6.42 Å². The van der Waals surface area contributed by atoms with Gasteiger partial charge in [0.1, 0.15) is 0 Å². The number of hydrogen-bond donors (Lipinski definition) is 0. The van der Waals surface area contributed by atoms with Gasteiger partial charge in [0.15, 0.2) is 0 Å². The van der Waals surface area contributed by atoms with E-state index in [-0.39, 0.29) is 5.41 Å². The smallest absolute Gasteiger partial charge is 0.0693 e. The van der Waals surface area contributed by atoms with E-state index >= 15 is 0 Å². The normalized spacial score (nSPS) is 26.4. The van der Waals surface area contributed by atoms with Gasteiger partial charge in [-0.15, -0.1) is 0 Å². The molecule has 3 heteroatoms. The standard InChI is InChI=1S/C18H23Cl2N/c1-17(2,3)14-6-8-18(12-21,9-7-14)11-13-4-5-15(19)16(20)10-13/h4-5,10,14H,6-9,11H2,1-3H3. The molecule has 0 saturated heterocycles. The van der Waals surface area contributed by atoms with Gasteiger partial charge in [-0.2, -0.15) is 5.26 Å². The fourth-order valence-electron chi connectivity index (χ4n) is 3.40. The van der Waals surface area contributed by atoms with Gasteiger partial charge in [0.05, 0.1) is 21.5 Å². The second-order valence-electron chi connectivity index (χ2n) is 7.46.